The van der Waals surface area contributed by atoms with Gasteiger partial charge in [-0.05, 0) is 25.7 Å². The number of ether oxygens (including phenoxy) is 1. The number of hydrogen-bond acceptors (Lipinski definition) is 6. The zero-order valence-corrected chi connectivity index (χ0v) is 13.4. The summed E-state index contributed by atoms with van der Waals surface area (Å²) in [6.07, 6.45) is 0. The Labute approximate surface area is 131 Å². The van der Waals surface area contributed by atoms with Crippen molar-refractivity contribution >= 4 is 5.69 Å². The fraction of sp³-hybridized carbons (Fsp3) is 0.600. The predicted molar refractivity (Wildman–Crippen MR) is 85.4 cm³/mol. The highest BCUT2D eigenvalue weighted by Crippen LogP contribution is 2.31. The molecule has 1 atom stereocenters. The molecule has 1 heterocycles. The molecule has 2 rings (SSSR count). The average molecular weight is 308 g/mol. The summed E-state index contributed by atoms with van der Waals surface area (Å²) in [5.74, 6) is 0.299. The lowest BCUT2D eigenvalue weighted by Gasteiger charge is -2.34. The molecule has 0 amide bonds. The monoisotopic (exact) mass is 308 g/mol. The topological polar surface area (TPSA) is 70.9 Å². The van der Waals surface area contributed by atoms with E-state index < -0.39 is 0 Å². The highest BCUT2D eigenvalue weighted by atomic mass is 16.6. The van der Waals surface area contributed by atoms with Crippen LogP contribution in [0.5, 0.6) is 5.75 Å². The third kappa shape index (κ3) is 3.94. The van der Waals surface area contributed by atoms with Crippen LogP contribution in [0.25, 0.3) is 0 Å². The number of nitrogens with zero attached hydrogens (tertiary/aromatic N) is 3. The Morgan fingerprint density at radius 1 is 1.41 bits per heavy atom. The first-order chi connectivity index (χ1) is 10.5. The summed E-state index contributed by atoms with van der Waals surface area (Å²) in [6, 6.07) is 5.34. The van der Waals surface area contributed by atoms with Crippen LogP contribution >= 0.6 is 0 Å². The second kappa shape index (κ2) is 7.53. The lowest BCUT2D eigenvalue weighted by Crippen LogP contribution is -2.46. The minimum atomic E-state index is -0.389. The van der Waals surface area contributed by atoms with Gasteiger partial charge in [-0.2, -0.15) is 0 Å². The molecule has 0 bridgehead atoms. The highest BCUT2D eigenvalue weighted by Gasteiger charge is 2.23. The Morgan fingerprint density at radius 3 is 2.64 bits per heavy atom. The molecule has 122 valence electrons. The van der Waals surface area contributed by atoms with E-state index in [0.29, 0.717) is 5.75 Å². The molecule has 1 aliphatic rings. The Kier molecular flexibility index (Phi) is 5.70. The number of likely N-dealkylation sites (N-methyl/N-ethyl adjacent to an activating group) is 1. The molecular formula is C15H24N4O3. The summed E-state index contributed by atoms with van der Waals surface area (Å²) in [4.78, 5) is 15.3. The molecule has 7 nitrogen and oxygen atoms in total. The molecule has 22 heavy (non-hydrogen) atoms. The van der Waals surface area contributed by atoms with Gasteiger partial charge in [-0.25, -0.2) is 0 Å². The lowest BCUT2D eigenvalue weighted by atomic mass is 10.0. The number of nitro groups is 1. The highest BCUT2D eigenvalue weighted by molar-refractivity contribution is 5.49. The molecule has 1 aromatic carbocycles. The average Bonchev–Trinajstić information content (AvgIpc) is 2.52. The van der Waals surface area contributed by atoms with Gasteiger partial charge in [0.25, 0.3) is 0 Å². The molecule has 0 saturated carbocycles. The normalized spacial score (nSPS) is 17.5. The zero-order chi connectivity index (χ0) is 16.1. The van der Waals surface area contributed by atoms with Crippen molar-refractivity contribution in [3.8, 4) is 5.75 Å². The number of piperazine rings is 1. The standard InChI is InChI=1S/C15H24N4O3/c1-17(2)14(11-18-8-6-16-7-9-18)12-4-5-15(22-3)13(10-12)19(20)21/h4-5,10,14,16H,6-9,11H2,1-3H3. The molecule has 1 N–H and O–H groups in total. The number of nitro benzene ring substituents is 1. The number of benzene rings is 1. The van der Waals surface area contributed by atoms with E-state index in [1.165, 1.54) is 7.11 Å². The van der Waals surface area contributed by atoms with Crippen molar-refractivity contribution in [3.63, 3.8) is 0 Å². The number of methoxy groups -OCH3 is 1. The van der Waals surface area contributed by atoms with Gasteiger partial charge in [-0.1, -0.05) is 6.07 Å². The van der Waals surface area contributed by atoms with E-state index in [-0.39, 0.29) is 16.7 Å². The van der Waals surface area contributed by atoms with Crippen molar-refractivity contribution in [1.29, 1.82) is 0 Å². The van der Waals surface area contributed by atoms with Crippen LogP contribution in [-0.2, 0) is 0 Å². The Bertz CT molecular complexity index is 516. The van der Waals surface area contributed by atoms with Gasteiger partial charge in [0.1, 0.15) is 0 Å². The van der Waals surface area contributed by atoms with Crippen LogP contribution in [0.15, 0.2) is 18.2 Å². The minimum Gasteiger partial charge on any atom is -0.490 e. The fourth-order valence-corrected chi connectivity index (χ4v) is 2.76. The number of rotatable bonds is 6. The predicted octanol–water partition coefficient (Wildman–Crippen LogP) is 1.11. The second-order valence-corrected chi connectivity index (χ2v) is 5.72. The summed E-state index contributed by atoms with van der Waals surface area (Å²) in [6.45, 7) is 4.84. The van der Waals surface area contributed by atoms with E-state index in [1.807, 2.05) is 20.2 Å². The van der Waals surface area contributed by atoms with Gasteiger partial charge in [0, 0.05) is 44.8 Å². The summed E-state index contributed by atoms with van der Waals surface area (Å²) in [7, 11) is 5.46. The molecule has 1 unspecified atom stereocenters. The molecule has 1 saturated heterocycles. The van der Waals surface area contributed by atoms with Gasteiger partial charge < -0.3 is 15.0 Å². The minimum absolute atomic E-state index is 0.0205. The zero-order valence-electron chi connectivity index (χ0n) is 13.4. The van der Waals surface area contributed by atoms with Gasteiger partial charge in [-0.3, -0.25) is 15.0 Å². The maximum Gasteiger partial charge on any atom is 0.311 e. The number of hydrogen-bond donors (Lipinski definition) is 1. The van der Waals surface area contributed by atoms with Crippen LogP contribution in [0.4, 0.5) is 5.69 Å². The summed E-state index contributed by atoms with van der Waals surface area (Å²) >= 11 is 0. The van der Waals surface area contributed by atoms with E-state index in [2.05, 4.69) is 15.1 Å². The van der Waals surface area contributed by atoms with Crippen molar-refractivity contribution in [1.82, 2.24) is 15.1 Å². The van der Waals surface area contributed by atoms with E-state index in [4.69, 9.17) is 4.74 Å². The molecule has 0 spiro atoms. The van der Waals surface area contributed by atoms with Crippen molar-refractivity contribution < 1.29 is 9.66 Å². The third-order valence-electron chi connectivity index (χ3n) is 4.05. The van der Waals surface area contributed by atoms with Gasteiger partial charge >= 0.3 is 5.69 Å². The molecule has 1 aromatic rings. The van der Waals surface area contributed by atoms with Crippen LogP contribution in [0, 0.1) is 10.1 Å². The molecular weight excluding hydrogens is 284 g/mol. The largest absolute Gasteiger partial charge is 0.490 e. The van der Waals surface area contributed by atoms with Gasteiger partial charge in [0.15, 0.2) is 5.75 Å². The van der Waals surface area contributed by atoms with Crippen molar-refractivity contribution in [2.24, 2.45) is 0 Å². The van der Waals surface area contributed by atoms with Crippen molar-refractivity contribution in [3.05, 3.63) is 33.9 Å². The van der Waals surface area contributed by atoms with E-state index >= 15 is 0 Å². The summed E-state index contributed by atoms with van der Waals surface area (Å²) in [5.41, 5.74) is 0.961. The van der Waals surface area contributed by atoms with Crippen LogP contribution < -0.4 is 10.1 Å². The second-order valence-electron chi connectivity index (χ2n) is 5.72. The number of nitrogens with one attached hydrogen (secondary N) is 1. The van der Waals surface area contributed by atoms with Crippen LogP contribution in [0.3, 0.4) is 0 Å². The van der Waals surface area contributed by atoms with Crippen LogP contribution in [0.2, 0.25) is 0 Å². The van der Waals surface area contributed by atoms with Crippen LogP contribution in [0.1, 0.15) is 11.6 Å². The lowest BCUT2D eigenvalue weighted by molar-refractivity contribution is -0.385. The quantitative estimate of drug-likeness (QED) is 0.627. The Balaban J connectivity index is 2.24. The first kappa shape index (κ1) is 16.7. The van der Waals surface area contributed by atoms with E-state index in [1.54, 1.807) is 12.1 Å². The van der Waals surface area contributed by atoms with E-state index in [9.17, 15) is 10.1 Å². The molecule has 0 radical (unpaired) electrons. The maximum absolute atomic E-state index is 11.2. The van der Waals surface area contributed by atoms with Gasteiger partial charge in [0.05, 0.1) is 12.0 Å². The Morgan fingerprint density at radius 2 is 2.09 bits per heavy atom. The van der Waals surface area contributed by atoms with Gasteiger partial charge in [0.2, 0.25) is 0 Å². The van der Waals surface area contributed by atoms with Crippen molar-refractivity contribution in [2.75, 3.05) is 53.9 Å². The molecule has 7 heteroatoms. The first-order valence-electron chi connectivity index (χ1n) is 7.44. The van der Waals surface area contributed by atoms with Crippen molar-refractivity contribution in [2.45, 2.75) is 6.04 Å². The summed E-state index contributed by atoms with van der Waals surface area (Å²) < 4.78 is 5.08. The molecule has 1 fully saturated rings. The van der Waals surface area contributed by atoms with E-state index in [0.717, 1.165) is 38.3 Å². The third-order valence-corrected chi connectivity index (χ3v) is 4.05. The smallest absolute Gasteiger partial charge is 0.311 e. The fourth-order valence-electron chi connectivity index (χ4n) is 2.76. The van der Waals surface area contributed by atoms with Gasteiger partial charge in [-0.15, -0.1) is 0 Å². The maximum atomic E-state index is 11.2. The molecule has 0 aromatic heterocycles. The van der Waals surface area contributed by atoms with Crippen LogP contribution in [-0.4, -0.2) is 68.7 Å². The first-order valence-corrected chi connectivity index (χ1v) is 7.44. The molecule has 0 aliphatic carbocycles. The molecule has 1 aliphatic heterocycles. The SMILES string of the molecule is COc1ccc(C(CN2CCNCC2)N(C)C)cc1[N+](=O)[O-]. The summed E-state index contributed by atoms with van der Waals surface area (Å²) in [5, 5.41) is 14.5. The Hall–Kier alpha value is -1.70.